The van der Waals surface area contributed by atoms with E-state index in [0.717, 1.165) is 11.3 Å². The summed E-state index contributed by atoms with van der Waals surface area (Å²) >= 11 is 0. The number of carbonyl (C=O) groups excluding carboxylic acids is 1. The Balaban J connectivity index is 1.53. The second kappa shape index (κ2) is 9.32. The van der Waals surface area contributed by atoms with Crippen LogP contribution in [0, 0.1) is 0 Å². The Morgan fingerprint density at radius 3 is 2.45 bits per heavy atom. The molecule has 0 unspecified atom stereocenters. The second-order valence-electron chi connectivity index (χ2n) is 7.91. The molecule has 9 heteroatoms. The summed E-state index contributed by atoms with van der Waals surface area (Å²) in [6.45, 7) is 5.77. The highest BCUT2D eigenvalue weighted by Gasteiger charge is 2.26. The van der Waals surface area contributed by atoms with E-state index in [4.69, 9.17) is 9.15 Å². The molecule has 1 amide bonds. The van der Waals surface area contributed by atoms with Crippen LogP contribution in [0.1, 0.15) is 42.6 Å². The number of benzene rings is 1. The number of hydrogen-bond donors (Lipinski definition) is 2. The maximum atomic E-state index is 12.3. The van der Waals surface area contributed by atoms with Crippen molar-refractivity contribution < 1.29 is 22.4 Å². The number of rotatable bonds is 8. The van der Waals surface area contributed by atoms with Crippen LogP contribution >= 0.6 is 0 Å². The number of furan rings is 1. The summed E-state index contributed by atoms with van der Waals surface area (Å²) in [5, 5.41) is 2.40. The lowest BCUT2D eigenvalue weighted by Gasteiger charge is -2.18. The third-order valence-corrected chi connectivity index (χ3v) is 5.63. The molecule has 0 saturated carbocycles. The lowest BCUT2D eigenvalue weighted by atomic mass is 10.1. The van der Waals surface area contributed by atoms with Crippen molar-refractivity contribution in [1.82, 2.24) is 15.0 Å². The van der Waals surface area contributed by atoms with Crippen molar-refractivity contribution in [1.29, 1.82) is 0 Å². The highest BCUT2D eigenvalue weighted by molar-refractivity contribution is 7.89. The Kier molecular flexibility index (Phi) is 6.77. The van der Waals surface area contributed by atoms with E-state index in [1.807, 2.05) is 30.3 Å². The van der Waals surface area contributed by atoms with Crippen molar-refractivity contribution in [2.75, 3.05) is 0 Å². The summed E-state index contributed by atoms with van der Waals surface area (Å²) in [7, 11) is -3.84. The molecular weight excluding hydrogens is 418 g/mol. The molecule has 3 aromatic rings. The number of nitrogens with one attached hydrogen (secondary N) is 2. The summed E-state index contributed by atoms with van der Waals surface area (Å²) in [6, 6.07) is 15.5. The Morgan fingerprint density at radius 2 is 1.81 bits per heavy atom. The maximum absolute atomic E-state index is 12.3. The molecule has 2 aromatic heterocycles. The van der Waals surface area contributed by atoms with E-state index in [2.05, 4.69) is 15.0 Å². The second-order valence-corrected chi connectivity index (χ2v) is 9.52. The van der Waals surface area contributed by atoms with Gasteiger partial charge in [-0.2, -0.15) is 0 Å². The minimum atomic E-state index is -3.84. The molecule has 8 nitrogen and oxygen atoms in total. The first-order valence-corrected chi connectivity index (χ1v) is 11.1. The first-order chi connectivity index (χ1) is 14.6. The summed E-state index contributed by atoms with van der Waals surface area (Å²) < 4.78 is 38.0. The molecule has 3 rings (SSSR count). The third kappa shape index (κ3) is 6.66. The van der Waals surface area contributed by atoms with Gasteiger partial charge in [0, 0.05) is 18.3 Å². The molecular formula is C22H25N3O5S. The van der Waals surface area contributed by atoms with E-state index in [1.54, 1.807) is 39.1 Å². The van der Waals surface area contributed by atoms with Gasteiger partial charge < -0.3 is 14.5 Å². The van der Waals surface area contributed by atoms with E-state index < -0.39 is 21.5 Å². The molecule has 31 heavy (non-hydrogen) atoms. The molecule has 2 heterocycles. The van der Waals surface area contributed by atoms with Gasteiger partial charge in [0.25, 0.3) is 15.9 Å². The van der Waals surface area contributed by atoms with E-state index in [1.165, 1.54) is 12.1 Å². The van der Waals surface area contributed by atoms with E-state index in [-0.39, 0.29) is 17.4 Å². The summed E-state index contributed by atoms with van der Waals surface area (Å²) in [5.41, 5.74) is 1.02. The van der Waals surface area contributed by atoms with Gasteiger partial charge in [-0.15, -0.1) is 0 Å². The molecule has 0 radical (unpaired) electrons. The average molecular weight is 444 g/mol. The van der Waals surface area contributed by atoms with Gasteiger partial charge in [0.15, 0.2) is 5.76 Å². The zero-order chi connectivity index (χ0) is 22.5. The molecule has 0 aliphatic carbocycles. The van der Waals surface area contributed by atoms with Gasteiger partial charge in [-0.25, -0.2) is 13.1 Å². The number of aromatic nitrogens is 1. The fourth-order valence-electron chi connectivity index (χ4n) is 2.65. The average Bonchev–Trinajstić information content (AvgIpc) is 3.22. The van der Waals surface area contributed by atoms with Gasteiger partial charge in [0.2, 0.25) is 5.09 Å². The van der Waals surface area contributed by atoms with Crippen LogP contribution < -0.4 is 14.8 Å². The van der Waals surface area contributed by atoms with E-state index in [0.29, 0.717) is 12.4 Å². The number of amides is 1. The van der Waals surface area contributed by atoms with Gasteiger partial charge in [0.1, 0.15) is 12.4 Å². The van der Waals surface area contributed by atoms with Crippen molar-refractivity contribution in [3.05, 3.63) is 77.8 Å². The first-order valence-electron chi connectivity index (χ1n) is 9.66. The van der Waals surface area contributed by atoms with Crippen LogP contribution in [0.3, 0.4) is 0 Å². The number of pyridine rings is 1. The predicted octanol–water partition coefficient (Wildman–Crippen LogP) is 3.26. The number of sulfonamides is 1. The Bertz CT molecular complexity index is 1120. The smallest absolute Gasteiger partial charge is 0.287 e. The molecule has 164 valence electrons. The van der Waals surface area contributed by atoms with Crippen LogP contribution in [0.5, 0.6) is 5.75 Å². The van der Waals surface area contributed by atoms with Crippen molar-refractivity contribution in [3.8, 4) is 5.75 Å². The zero-order valence-corrected chi connectivity index (χ0v) is 18.4. The van der Waals surface area contributed by atoms with Crippen LogP contribution in [-0.2, 0) is 23.2 Å². The number of hydrogen-bond acceptors (Lipinski definition) is 6. The number of carbonyl (C=O) groups is 1. The largest absolute Gasteiger partial charge is 0.487 e. The lowest BCUT2D eigenvalue weighted by Crippen LogP contribution is -2.40. The Labute approximate surface area is 181 Å². The van der Waals surface area contributed by atoms with Crippen LogP contribution in [0.15, 0.2) is 70.3 Å². The summed E-state index contributed by atoms with van der Waals surface area (Å²) in [6.07, 6.45) is 1.71. The first kappa shape index (κ1) is 22.5. The number of nitrogens with zero attached hydrogens (tertiary/aromatic N) is 1. The molecule has 0 spiro atoms. The fourth-order valence-corrected chi connectivity index (χ4v) is 4.01. The maximum Gasteiger partial charge on any atom is 0.287 e. The fraction of sp³-hybridized carbons (Fsp3) is 0.273. The minimum Gasteiger partial charge on any atom is -0.487 e. The quantitative estimate of drug-likeness (QED) is 0.553. The van der Waals surface area contributed by atoms with E-state index in [9.17, 15) is 13.2 Å². The van der Waals surface area contributed by atoms with Crippen molar-refractivity contribution in [2.24, 2.45) is 0 Å². The highest BCUT2D eigenvalue weighted by atomic mass is 32.2. The topological polar surface area (TPSA) is 111 Å². The number of ether oxygens (including phenoxy) is 1. The van der Waals surface area contributed by atoms with Crippen LogP contribution in [0.2, 0.25) is 0 Å². The highest BCUT2D eigenvalue weighted by Crippen LogP contribution is 2.17. The molecule has 0 aliphatic rings. The van der Waals surface area contributed by atoms with Gasteiger partial charge in [-0.1, -0.05) is 18.2 Å². The third-order valence-electron chi connectivity index (χ3n) is 4.00. The molecule has 1 aromatic carbocycles. The van der Waals surface area contributed by atoms with E-state index >= 15 is 0 Å². The molecule has 0 bridgehead atoms. The van der Waals surface area contributed by atoms with Crippen LogP contribution in [-0.4, -0.2) is 24.8 Å². The standard InChI is InChI=1S/C22H25N3O5S/c1-22(2,3)25-31(27,28)20-12-11-19(30-20)21(26)24-14-16-7-9-18(10-8-16)29-15-17-6-4-5-13-23-17/h4-13,25H,14-15H2,1-3H3,(H,24,26). The van der Waals surface area contributed by atoms with Crippen LogP contribution in [0.4, 0.5) is 0 Å². The zero-order valence-electron chi connectivity index (χ0n) is 17.6. The summed E-state index contributed by atoms with van der Waals surface area (Å²) in [5.74, 6) is 0.102. The monoisotopic (exact) mass is 443 g/mol. The SMILES string of the molecule is CC(C)(C)NS(=O)(=O)c1ccc(C(=O)NCc2ccc(OCc3ccccn3)cc2)o1. The molecule has 0 atom stereocenters. The van der Waals surface area contributed by atoms with Gasteiger partial charge in [-0.05, 0) is 62.7 Å². The normalized spacial score (nSPS) is 11.8. The van der Waals surface area contributed by atoms with Crippen molar-refractivity contribution in [3.63, 3.8) is 0 Å². The Morgan fingerprint density at radius 1 is 1.06 bits per heavy atom. The molecule has 0 saturated heterocycles. The van der Waals surface area contributed by atoms with Gasteiger partial charge in [-0.3, -0.25) is 9.78 Å². The van der Waals surface area contributed by atoms with Crippen molar-refractivity contribution in [2.45, 2.75) is 44.6 Å². The Hall–Kier alpha value is -3.17. The molecule has 0 aliphatic heterocycles. The van der Waals surface area contributed by atoms with Gasteiger partial charge >= 0.3 is 0 Å². The summed E-state index contributed by atoms with van der Waals surface area (Å²) in [4.78, 5) is 16.5. The minimum absolute atomic E-state index is 0.0791. The van der Waals surface area contributed by atoms with Crippen LogP contribution in [0.25, 0.3) is 0 Å². The molecule has 0 fully saturated rings. The molecule has 2 N–H and O–H groups in total. The van der Waals surface area contributed by atoms with Gasteiger partial charge in [0.05, 0.1) is 5.69 Å². The predicted molar refractivity (Wildman–Crippen MR) is 115 cm³/mol. The lowest BCUT2D eigenvalue weighted by molar-refractivity contribution is 0.0918. The van der Waals surface area contributed by atoms with Crippen molar-refractivity contribution >= 4 is 15.9 Å².